The minimum atomic E-state index is -3.76. The quantitative estimate of drug-likeness (QED) is 0.547. The summed E-state index contributed by atoms with van der Waals surface area (Å²) in [5, 5.41) is 2.67. The summed E-state index contributed by atoms with van der Waals surface area (Å²) in [7, 11) is -2.30. The Bertz CT molecular complexity index is 1130. The summed E-state index contributed by atoms with van der Waals surface area (Å²) in [6, 6.07) is 7.81. The number of nitrogens with one attached hydrogen (secondary N) is 1. The number of halogens is 2. The minimum absolute atomic E-state index is 0.0137. The van der Waals surface area contributed by atoms with Gasteiger partial charge in [-0.15, -0.1) is 0 Å². The Morgan fingerprint density at radius 2 is 1.68 bits per heavy atom. The number of nitrogens with zero attached hydrogens (tertiary/aromatic N) is 2. The highest BCUT2D eigenvalue weighted by atomic mass is 32.2. The molecule has 2 amide bonds. The summed E-state index contributed by atoms with van der Waals surface area (Å²) in [6.07, 6.45) is 0. The van der Waals surface area contributed by atoms with Crippen molar-refractivity contribution in [2.24, 2.45) is 5.92 Å². The Morgan fingerprint density at radius 3 is 2.24 bits per heavy atom. The van der Waals surface area contributed by atoms with Gasteiger partial charge in [0.05, 0.1) is 4.90 Å². The van der Waals surface area contributed by atoms with Crippen molar-refractivity contribution >= 4 is 21.8 Å². The summed E-state index contributed by atoms with van der Waals surface area (Å²) in [5.74, 6) is -2.85. The fraction of sp³-hybridized carbons (Fsp3) is 0.417. The summed E-state index contributed by atoms with van der Waals surface area (Å²) < 4.78 is 54.1. The van der Waals surface area contributed by atoms with Gasteiger partial charge in [0.2, 0.25) is 15.9 Å². The van der Waals surface area contributed by atoms with Crippen LogP contribution in [0.4, 0.5) is 8.78 Å². The fourth-order valence-electron chi connectivity index (χ4n) is 3.47. The molecular formula is C24H31F2N3O4S. The van der Waals surface area contributed by atoms with Crippen molar-refractivity contribution in [2.45, 2.75) is 45.2 Å². The van der Waals surface area contributed by atoms with Crippen molar-refractivity contribution in [3.63, 3.8) is 0 Å². The second kappa shape index (κ2) is 11.5. The van der Waals surface area contributed by atoms with Gasteiger partial charge in [-0.1, -0.05) is 39.8 Å². The van der Waals surface area contributed by atoms with Crippen LogP contribution in [0.25, 0.3) is 0 Å². The molecule has 7 nitrogen and oxygen atoms in total. The molecule has 10 heteroatoms. The van der Waals surface area contributed by atoms with Crippen LogP contribution < -0.4 is 5.32 Å². The van der Waals surface area contributed by atoms with Gasteiger partial charge in [0, 0.05) is 43.9 Å². The molecule has 0 aliphatic rings. The van der Waals surface area contributed by atoms with E-state index in [0.29, 0.717) is 13.1 Å². The first-order chi connectivity index (χ1) is 15.9. The number of hydrogen-bond donors (Lipinski definition) is 1. The van der Waals surface area contributed by atoms with Gasteiger partial charge in [-0.3, -0.25) is 9.59 Å². The van der Waals surface area contributed by atoms with Crippen LogP contribution in [-0.2, 0) is 21.4 Å². The lowest BCUT2D eigenvalue weighted by Gasteiger charge is -2.27. The number of hydrogen-bond acceptors (Lipinski definition) is 4. The third-order valence-electron chi connectivity index (χ3n) is 5.46. The van der Waals surface area contributed by atoms with Gasteiger partial charge in [0.25, 0.3) is 5.91 Å². The summed E-state index contributed by atoms with van der Waals surface area (Å²) in [5.41, 5.74) is 0.235. The molecule has 34 heavy (non-hydrogen) atoms. The number of benzene rings is 2. The standard InChI is InChI=1S/C24H31F2N3O4S/c1-6-29(7-2)34(32,33)20-10-8-9-17(13-20)23(30)27-22(16(3)4)24(31)28(5)15-18-11-12-19(25)14-21(18)26/h8-14,16,22H,6-7,15H2,1-5H3,(H,27,30)/t22-/m0/s1. The third-order valence-corrected chi connectivity index (χ3v) is 7.50. The second-order valence-corrected chi connectivity index (χ2v) is 10.2. The largest absolute Gasteiger partial charge is 0.340 e. The Morgan fingerprint density at radius 1 is 1.03 bits per heavy atom. The molecule has 0 heterocycles. The van der Waals surface area contributed by atoms with E-state index in [0.717, 1.165) is 12.1 Å². The van der Waals surface area contributed by atoms with Crippen LogP contribution in [0, 0.1) is 17.6 Å². The maximum absolute atomic E-state index is 14.0. The van der Waals surface area contributed by atoms with Gasteiger partial charge in [-0.2, -0.15) is 4.31 Å². The van der Waals surface area contributed by atoms with E-state index in [4.69, 9.17) is 0 Å². The van der Waals surface area contributed by atoms with Crippen molar-refractivity contribution in [3.8, 4) is 0 Å². The van der Waals surface area contributed by atoms with Crippen LogP contribution in [0.15, 0.2) is 47.4 Å². The SMILES string of the molecule is CCN(CC)S(=O)(=O)c1cccc(C(=O)N[C@H](C(=O)N(C)Cc2ccc(F)cc2F)C(C)C)c1. The number of carbonyl (C=O) groups excluding carboxylic acids is 2. The lowest BCUT2D eigenvalue weighted by Crippen LogP contribution is -2.50. The zero-order chi connectivity index (χ0) is 25.6. The Hall–Kier alpha value is -2.85. The van der Waals surface area contributed by atoms with Crippen molar-refractivity contribution in [1.82, 2.24) is 14.5 Å². The van der Waals surface area contributed by atoms with Gasteiger partial charge in [-0.25, -0.2) is 17.2 Å². The molecule has 0 aromatic heterocycles. The lowest BCUT2D eigenvalue weighted by molar-refractivity contribution is -0.133. The zero-order valence-corrected chi connectivity index (χ0v) is 20.8. The van der Waals surface area contributed by atoms with Gasteiger partial charge in [0.1, 0.15) is 17.7 Å². The van der Waals surface area contributed by atoms with Crippen molar-refractivity contribution in [3.05, 3.63) is 65.2 Å². The Balaban J connectivity index is 2.22. The molecule has 0 aliphatic heterocycles. The van der Waals surface area contributed by atoms with Crippen LogP contribution in [0.2, 0.25) is 0 Å². The normalized spacial score (nSPS) is 12.6. The Labute approximate surface area is 199 Å². The van der Waals surface area contributed by atoms with Crippen LogP contribution in [0.1, 0.15) is 43.6 Å². The predicted octanol–water partition coefficient (Wildman–Crippen LogP) is 3.41. The highest BCUT2D eigenvalue weighted by Gasteiger charge is 2.29. The molecule has 1 N–H and O–H groups in total. The third kappa shape index (κ3) is 6.38. The molecule has 186 valence electrons. The molecule has 1 atom stereocenters. The molecule has 0 spiro atoms. The number of amides is 2. The van der Waals surface area contributed by atoms with E-state index >= 15 is 0 Å². The van der Waals surface area contributed by atoms with Gasteiger partial charge in [0.15, 0.2) is 0 Å². The molecule has 0 radical (unpaired) electrons. The maximum Gasteiger partial charge on any atom is 0.251 e. The average Bonchev–Trinajstić information content (AvgIpc) is 2.79. The number of sulfonamides is 1. The van der Waals surface area contributed by atoms with Crippen molar-refractivity contribution < 1.29 is 26.8 Å². The minimum Gasteiger partial charge on any atom is -0.340 e. The van der Waals surface area contributed by atoms with Gasteiger partial charge >= 0.3 is 0 Å². The van der Waals surface area contributed by atoms with E-state index in [1.54, 1.807) is 27.7 Å². The molecule has 0 saturated heterocycles. The molecule has 0 saturated carbocycles. The molecule has 2 aromatic rings. The number of rotatable bonds is 10. The smallest absolute Gasteiger partial charge is 0.251 e. The van der Waals surface area contributed by atoms with Crippen molar-refractivity contribution in [1.29, 1.82) is 0 Å². The highest BCUT2D eigenvalue weighted by molar-refractivity contribution is 7.89. The monoisotopic (exact) mass is 495 g/mol. The van der Waals surface area contributed by atoms with Crippen LogP contribution >= 0.6 is 0 Å². The fourth-order valence-corrected chi connectivity index (χ4v) is 4.97. The van der Waals surface area contributed by atoms with E-state index in [2.05, 4.69) is 5.32 Å². The molecule has 0 unspecified atom stereocenters. The number of likely N-dealkylation sites (N-methyl/N-ethyl adjacent to an activating group) is 1. The van der Waals surface area contributed by atoms with Crippen LogP contribution in [-0.4, -0.2) is 55.6 Å². The van der Waals surface area contributed by atoms with E-state index in [1.165, 1.54) is 46.6 Å². The molecule has 2 rings (SSSR count). The number of carbonyl (C=O) groups is 2. The lowest BCUT2D eigenvalue weighted by atomic mass is 10.0. The highest BCUT2D eigenvalue weighted by Crippen LogP contribution is 2.18. The Kier molecular flexibility index (Phi) is 9.29. The summed E-state index contributed by atoms with van der Waals surface area (Å²) in [6.45, 7) is 7.42. The first kappa shape index (κ1) is 27.4. The predicted molar refractivity (Wildman–Crippen MR) is 125 cm³/mol. The van der Waals surface area contributed by atoms with E-state index in [1.807, 2.05) is 0 Å². The molecule has 2 aromatic carbocycles. The first-order valence-corrected chi connectivity index (χ1v) is 12.5. The van der Waals surface area contributed by atoms with E-state index in [-0.39, 0.29) is 28.5 Å². The topological polar surface area (TPSA) is 86.8 Å². The molecule has 0 aliphatic carbocycles. The zero-order valence-electron chi connectivity index (χ0n) is 20.0. The molecular weight excluding hydrogens is 464 g/mol. The van der Waals surface area contributed by atoms with Crippen LogP contribution in [0.5, 0.6) is 0 Å². The van der Waals surface area contributed by atoms with Crippen molar-refractivity contribution in [2.75, 3.05) is 20.1 Å². The van der Waals surface area contributed by atoms with Gasteiger partial charge < -0.3 is 10.2 Å². The summed E-state index contributed by atoms with van der Waals surface area (Å²) in [4.78, 5) is 27.2. The first-order valence-electron chi connectivity index (χ1n) is 11.0. The average molecular weight is 496 g/mol. The second-order valence-electron chi connectivity index (χ2n) is 8.24. The summed E-state index contributed by atoms with van der Waals surface area (Å²) >= 11 is 0. The van der Waals surface area contributed by atoms with Crippen LogP contribution in [0.3, 0.4) is 0 Å². The molecule has 0 fully saturated rings. The van der Waals surface area contributed by atoms with E-state index in [9.17, 15) is 26.8 Å². The maximum atomic E-state index is 14.0. The van der Waals surface area contributed by atoms with Gasteiger partial charge in [-0.05, 0) is 30.2 Å². The molecule has 0 bridgehead atoms. The van der Waals surface area contributed by atoms with E-state index < -0.39 is 39.5 Å².